The van der Waals surface area contributed by atoms with E-state index in [1.54, 1.807) is 0 Å². The normalized spacial score (nSPS) is 30.0. The standard InChI is InChI=1S/C13H15F2NO2/c14-9-3-7(4-10(15)13(9)17)6-16-11-5-8-1-2-12(11)18-8/h3-4,8,11-12,16-17H,1-2,5-6H2. The maximum Gasteiger partial charge on any atom is 0.187 e. The summed E-state index contributed by atoms with van der Waals surface area (Å²) >= 11 is 0. The second kappa shape index (κ2) is 4.48. The Labute approximate surface area is 104 Å². The van der Waals surface area contributed by atoms with E-state index >= 15 is 0 Å². The summed E-state index contributed by atoms with van der Waals surface area (Å²) in [6.07, 6.45) is 3.72. The fourth-order valence-electron chi connectivity index (χ4n) is 2.82. The molecule has 0 spiro atoms. The Bertz CT molecular complexity index is 443. The summed E-state index contributed by atoms with van der Waals surface area (Å²) in [5.74, 6) is -2.76. The molecule has 18 heavy (non-hydrogen) atoms. The molecule has 3 rings (SSSR count). The van der Waals surface area contributed by atoms with E-state index in [9.17, 15) is 8.78 Å². The predicted molar refractivity (Wildman–Crippen MR) is 61.2 cm³/mol. The highest BCUT2D eigenvalue weighted by Gasteiger charge is 2.40. The molecule has 3 unspecified atom stereocenters. The first kappa shape index (κ1) is 11.9. The summed E-state index contributed by atoms with van der Waals surface area (Å²) in [6.45, 7) is 0.380. The van der Waals surface area contributed by atoms with Crippen LogP contribution >= 0.6 is 0 Å². The molecule has 2 bridgehead atoms. The molecule has 3 nitrogen and oxygen atoms in total. The summed E-state index contributed by atoms with van der Waals surface area (Å²) in [5.41, 5.74) is 0.491. The first-order valence-corrected chi connectivity index (χ1v) is 6.19. The fourth-order valence-corrected chi connectivity index (χ4v) is 2.82. The SMILES string of the molecule is Oc1c(F)cc(CNC2CC3CCC2O3)cc1F. The summed E-state index contributed by atoms with van der Waals surface area (Å²) < 4.78 is 32.0. The van der Waals surface area contributed by atoms with Crippen molar-refractivity contribution in [3.63, 3.8) is 0 Å². The highest BCUT2D eigenvalue weighted by molar-refractivity contribution is 5.30. The number of ether oxygens (including phenoxy) is 1. The van der Waals surface area contributed by atoms with Crippen LogP contribution in [0.4, 0.5) is 8.78 Å². The Morgan fingerprint density at radius 2 is 2.00 bits per heavy atom. The largest absolute Gasteiger partial charge is 0.503 e. The van der Waals surface area contributed by atoms with Crippen molar-refractivity contribution in [1.82, 2.24) is 5.32 Å². The monoisotopic (exact) mass is 255 g/mol. The van der Waals surface area contributed by atoms with Gasteiger partial charge in [-0.15, -0.1) is 0 Å². The first-order chi connectivity index (χ1) is 8.63. The van der Waals surface area contributed by atoms with Crippen LogP contribution in [-0.2, 0) is 11.3 Å². The maximum absolute atomic E-state index is 13.1. The highest BCUT2D eigenvalue weighted by Crippen LogP contribution is 2.34. The Morgan fingerprint density at radius 3 is 2.56 bits per heavy atom. The molecule has 2 saturated heterocycles. The van der Waals surface area contributed by atoms with Crippen LogP contribution in [0.3, 0.4) is 0 Å². The topological polar surface area (TPSA) is 41.5 Å². The minimum Gasteiger partial charge on any atom is -0.503 e. The van der Waals surface area contributed by atoms with E-state index in [1.165, 1.54) is 0 Å². The van der Waals surface area contributed by atoms with Gasteiger partial charge in [0.05, 0.1) is 12.2 Å². The second-order valence-electron chi connectivity index (χ2n) is 5.01. The number of hydrogen-bond acceptors (Lipinski definition) is 3. The molecule has 5 heteroatoms. The van der Waals surface area contributed by atoms with E-state index in [0.717, 1.165) is 31.4 Å². The number of aromatic hydroxyl groups is 1. The average Bonchev–Trinajstić information content (AvgIpc) is 2.95. The number of rotatable bonds is 3. The van der Waals surface area contributed by atoms with Crippen molar-refractivity contribution in [3.05, 3.63) is 29.3 Å². The summed E-state index contributed by atoms with van der Waals surface area (Å²) in [4.78, 5) is 0. The van der Waals surface area contributed by atoms with Crippen molar-refractivity contribution in [2.45, 2.75) is 44.1 Å². The van der Waals surface area contributed by atoms with Crippen LogP contribution in [0.25, 0.3) is 0 Å². The zero-order chi connectivity index (χ0) is 12.7. The van der Waals surface area contributed by atoms with Crippen molar-refractivity contribution in [2.24, 2.45) is 0 Å². The van der Waals surface area contributed by atoms with Gasteiger partial charge in [-0.2, -0.15) is 0 Å². The van der Waals surface area contributed by atoms with Gasteiger partial charge in [-0.05, 0) is 37.0 Å². The third-order valence-electron chi connectivity index (χ3n) is 3.75. The van der Waals surface area contributed by atoms with E-state index in [1.807, 2.05) is 0 Å². The molecule has 2 heterocycles. The van der Waals surface area contributed by atoms with Crippen LogP contribution in [0.5, 0.6) is 5.75 Å². The minimum absolute atomic E-state index is 0.238. The summed E-state index contributed by atoms with van der Waals surface area (Å²) in [7, 11) is 0. The van der Waals surface area contributed by atoms with E-state index < -0.39 is 17.4 Å². The van der Waals surface area contributed by atoms with Gasteiger partial charge in [0.15, 0.2) is 17.4 Å². The molecule has 0 aliphatic carbocycles. The van der Waals surface area contributed by atoms with E-state index in [4.69, 9.17) is 9.84 Å². The maximum atomic E-state index is 13.1. The van der Waals surface area contributed by atoms with Crippen molar-refractivity contribution in [2.75, 3.05) is 0 Å². The van der Waals surface area contributed by atoms with Crippen molar-refractivity contribution < 1.29 is 18.6 Å². The zero-order valence-electron chi connectivity index (χ0n) is 9.83. The minimum atomic E-state index is -0.920. The van der Waals surface area contributed by atoms with Gasteiger partial charge in [0.1, 0.15) is 0 Å². The molecule has 2 N–H and O–H groups in total. The molecule has 2 fully saturated rings. The van der Waals surface area contributed by atoms with Gasteiger partial charge in [-0.25, -0.2) is 8.78 Å². The number of fused-ring (bicyclic) bond motifs is 2. The molecule has 2 aliphatic heterocycles. The van der Waals surface area contributed by atoms with Crippen LogP contribution in [0, 0.1) is 11.6 Å². The number of hydrogen-bond donors (Lipinski definition) is 2. The highest BCUT2D eigenvalue weighted by atomic mass is 19.1. The second-order valence-corrected chi connectivity index (χ2v) is 5.01. The number of nitrogens with one attached hydrogen (secondary N) is 1. The van der Waals surface area contributed by atoms with Crippen molar-refractivity contribution in [1.29, 1.82) is 0 Å². The van der Waals surface area contributed by atoms with Gasteiger partial charge in [0, 0.05) is 12.6 Å². The molecular formula is C13H15F2NO2. The molecule has 0 aromatic heterocycles. The molecule has 0 amide bonds. The average molecular weight is 255 g/mol. The number of benzene rings is 1. The van der Waals surface area contributed by atoms with E-state index in [0.29, 0.717) is 18.2 Å². The summed E-state index contributed by atoms with van der Waals surface area (Å²) in [5, 5.41) is 12.3. The first-order valence-electron chi connectivity index (χ1n) is 6.19. The van der Waals surface area contributed by atoms with E-state index in [-0.39, 0.29) is 12.1 Å². The Morgan fingerprint density at radius 1 is 1.28 bits per heavy atom. The molecule has 0 saturated carbocycles. The van der Waals surface area contributed by atoms with Gasteiger partial charge in [0.25, 0.3) is 0 Å². The third-order valence-corrected chi connectivity index (χ3v) is 3.75. The fraction of sp³-hybridized carbons (Fsp3) is 0.538. The van der Waals surface area contributed by atoms with Gasteiger partial charge in [0.2, 0.25) is 0 Å². The lowest BCUT2D eigenvalue weighted by molar-refractivity contribution is 0.0973. The van der Waals surface area contributed by atoms with Crippen LogP contribution in [0.1, 0.15) is 24.8 Å². The van der Waals surface area contributed by atoms with E-state index in [2.05, 4.69) is 5.32 Å². The predicted octanol–water partition coefficient (Wildman–Crippen LogP) is 2.08. The summed E-state index contributed by atoms with van der Waals surface area (Å²) in [6, 6.07) is 2.57. The van der Waals surface area contributed by atoms with Gasteiger partial charge < -0.3 is 15.2 Å². The van der Waals surface area contributed by atoms with Gasteiger partial charge in [-0.3, -0.25) is 0 Å². The van der Waals surface area contributed by atoms with Crippen LogP contribution < -0.4 is 5.32 Å². The molecular weight excluding hydrogens is 240 g/mol. The number of phenols is 1. The van der Waals surface area contributed by atoms with Crippen LogP contribution in [0.2, 0.25) is 0 Å². The molecule has 2 aliphatic rings. The molecule has 1 aromatic rings. The van der Waals surface area contributed by atoms with Crippen molar-refractivity contribution >= 4 is 0 Å². The van der Waals surface area contributed by atoms with Crippen LogP contribution in [-0.4, -0.2) is 23.4 Å². The zero-order valence-corrected chi connectivity index (χ0v) is 9.83. The molecule has 98 valence electrons. The Balaban J connectivity index is 1.63. The number of halogens is 2. The molecule has 3 atom stereocenters. The lowest BCUT2D eigenvalue weighted by Gasteiger charge is -2.20. The molecule has 0 radical (unpaired) electrons. The number of phenolic OH excluding ortho intramolecular Hbond substituents is 1. The Kier molecular flexibility index (Phi) is 2.95. The van der Waals surface area contributed by atoms with Gasteiger partial charge in [-0.1, -0.05) is 0 Å². The lowest BCUT2D eigenvalue weighted by Crippen LogP contribution is -2.37. The smallest absolute Gasteiger partial charge is 0.187 e. The van der Waals surface area contributed by atoms with Gasteiger partial charge >= 0.3 is 0 Å². The van der Waals surface area contributed by atoms with Crippen molar-refractivity contribution in [3.8, 4) is 5.75 Å². The molecule has 1 aromatic carbocycles. The Hall–Kier alpha value is -1.20. The van der Waals surface area contributed by atoms with Crippen LogP contribution in [0.15, 0.2) is 12.1 Å². The quantitative estimate of drug-likeness (QED) is 0.869. The lowest BCUT2D eigenvalue weighted by atomic mass is 9.95. The third kappa shape index (κ3) is 2.08.